The van der Waals surface area contributed by atoms with Gasteiger partial charge in [-0.05, 0) is 42.8 Å². The average Bonchev–Trinajstić information content (AvgIpc) is 2.85. The highest BCUT2D eigenvalue weighted by atomic mass is 16.6. The number of unbranched alkanes of at least 4 members (excludes halogenated alkanes) is 10. The molecular weight excluding hydrogens is 434 g/mol. The third-order valence-corrected chi connectivity index (χ3v) is 5.60. The van der Waals surface area contributed by atoms with Crippen molar-refractivity contribution in [3.63, 3.8) is 0 Å². The summed E-state index contributed by atoms with van der Waals surface area (Å²) in [7, 11) is 0. The molecule has 0 atom stereocenters. The molecule has 7 heteroatoms. The molecule has 7 nitrogen and oxygen atoms in total. The summed E-state index contributed by atoms with van der Waals surface area (Å²) < 4.78 is 10.5. The van der Waals surface area contributed by atoms with Crippen molar-refractivity contribution in [2.24, 2.45) is 0 Å². The van der Waals surface area contributed by atoms with Crippen LogP contribution < -0.4 is 4.74 Å². The summed E-state index contributed by atoms with van der Waals surface area (Å²) in [4.78, 5) is 34.6. The van der Waals surface area contributed by atoms with E-state index in [1.807, 2.05) is 0 Å². The van der Waals surface area contributed by atoms with Gasteiger partial charge in [0.1, 0.15) is 5.75 Å². The number of hydrogen-bond donors (Lipinski definition) is 0. The van der Waals surface area contributed by atoms with Gasteiger partial charge in [0.15, 0.2) is 0 Å². The summed E-state index contributed by atoms with van der Waals surface area (Å²) in [6.45, 7) is 2.62. The predicted molar refractivity (Wildman–Crippen MR) is 131 cm³/mol. The van der Waals surface area contributed by atoms with Crippen LogP contribution in [0.4, 0.5) is 5.69 Å². The van der Waals surface area contributed by atoms with E-state index < -0.39 is 16.9 Å². The van der Waals surface area contributed by atoms with Crippen molar-refractivity contribution in [1.29, 1.82) is 0 Å². The van der Waals surface area contributed by atoms with Crippen molar-refractivity contribution in [1.82, 2.24) is 0 Å². The normalized spacial score (nSPS) is 10.6. The Morgan fingerprint density at radius 1 is 0.706 bits per heavy atom. The van der Waals surface area contributed by atoms with Gasteiger partial charge in [0.2, 0.25) is 0 Å². The quantitative estimate of drug-likeness (QED) is 0.0842. The molecule has 0 saturated carbocycles. The lowest BCUT2D eigenvalue weighted by Crippen LogP contribution is -2.10. The van der Waals surface area contributed by atoms with Crippen molar-refractivity contribution in [2.45, 2.75) is 77.6 Å². The number of hydrogen-bond acceptors (Lipinski definition) is 6. The summed E-state index contributed by atoms with van der Waals surface area (Å²) >= 11 is 0. The van der Waals surface area contributed by atoms with Gasteiger partial charge in [-0.3, -0.25) is 10.1 Å². The first kappa shape index (κ1) is 27.0. The largest absolute Gasteiger partial charge is 0.462 e. The first-order valence-corrected chi connectivity index (χ1v) is 12.2. The van der Waals surface area contributed by atoms with Crippen LogP contribution in [-0.4, -0.2) is 23.5 Å². The number of rotatable bonds is 16. The van der Waals surface area contributed by atoms with Crippen molar-refractivity contribution in [3.8, 4) is 5.75 Å². The molecule has 0 fully saturated rings. The number of nitro groups is 1. The van der Waals surface area contributed by atoms with Crippen LogP contribution in [0.1, 0.15) is 98.3 Å². The maximum absolute atomic E-state index is 12.2. The summed E-state index contributed by atoms with van der Waals surface area (Å²) in [5, 5.41) is 10.7. The SMILES string of the molecule is CCCCCCCCCCCCCOC(=O)c1ccc(C(=O)Oc2ccc([N+](=O)[O-])cc2)cc1. The van der Waals surface area contributed by atoms with Gasteiger partial charge in [-0.2, -0.15) is 0 Å². The Morgan fingerprint density at radius 2 is 1.18 bits per heavy atom. The van der Waals surface area contributed by atoms with Gasteiger partial charge in [-0.1, -0.05) is 71.1 Å². The summed E-state index contributed by atoms with van der Waals surface area (Å²) in [6.07, 6.45) is 13.6. The molecule has 2 aromatic rings. The minimum atomic E-state index is -0.616. The third-order valence-electron chi connectivity index (χ3n) is 5.60. The second kappa shape index (κ2) is 15.6. The van der Waals surface area contributed by atoms with Gasteiger partial charge in [0, 0.05) is 12.1 Å². The first-order chi connectivity index (χ1) is 16.5. The van der Waals surface area contributed by atoms with E-state index in [9.17, 15) is 19.7 Å². The Balaban J connectivity index is 1.61. The molecule has 0 radical (unpaired) electrons. The van der Waals surface area contributed by atoms with E-state index in [0.717, 1.165) is 19.3 Å². The van der Waals surface area contributed by atoms with Crippen LogP contribution in [0.15, 0.2) is 48.5 Å². The zero-order valence-electron chi connectivity index (χ0n) is 20.0. The number of benzene rings is 2. The highest BCUT2D eigenvalue weighted by Gasteiger charge is 2.13. The van der Waals surface area contributed by atoms with Gasteiger partial charge >= 0.3 is 11.9 Å². The fourth-order valence-corrected chi connectivity index (χ4v) is 3.56. The van der Waals surface area contributed by atoms with Crippen LogP contribution in [0.5, 0.6) is 5.75 Å². The second-order valence-electron chi connectivity index (χ2n) is 8.39. The van der Waals surface area contributed by atoms with Crippen molar-refractivity contribution >= 4 is 17.6 Å². The van der Waals surface area contributed by atoms with E-state index in [1.165, 1.54) is 99.9 Å². The van der Waals surface area contributed by atoms with Gasteiger partial charge < -0.3 is 9.47 Å². The number of esters is 2. The number of ether oxygens (including phenoxy) is 2. The van der Waals surface area contributed by atoms with Crippen molar-refractivity contribution in [3.05, 3.63) is 69.8 Å². The standard InChI is InChI=1S/C27H35NO6/c1-2-3-4-5-6-7-8-9-10-11-12-21-33-26(29)22-13-15-23(16-14-22)27(30)34-25-19-17-24(18-20-25)28(31)32/h13-20H,2-12,21H2,1H3. The maximum Gasteiger partial charge on any atom is 0.343 e. The molecular formula is C27H35NO6. The van der Waals surface area contributed by atoms with Crippen LogP contribution in [-0.2, 0) is 4.74 Å². The number of carbonyl (C=O) groups is 2. The first-order valence-electron chi connectivity index (χ1n) is 12.2. The van der Waals surface area contributed by atoms with Gasteiger partial charge in [0.25, 0.3) is 5.69 Å². The molecule has 0 amide bonds. The van der Waals surface area contributed by atoms with Crippen LogP contribution in [0.3, 0.4) is 0 Å². The predicted octanol–water partition coefficient (Wildman–Crippen LogP) is 7.28. The Morgan fingerprint density at radius 3 is 1.68 bits per heavy atom. The zero-order valence-corrected chi connectivity index (χ0v) is 20.0. The molecule has 0 aromatic heterocycles. The summed E-state index contributed by atoms with van der Waals surface area (Å²) in [6, 6.07) is 11.3. The van der Waals surface area contributed by atoms with E-state index in [1.54, 1.807) is 0 Å². The molecule has 0 unspecified atom stereocenters. The molecule has 0 spiro atoms. The lowest BCUT2D eigenvalue weighted by Gasteiger charge is -2.07. The molecule has 0 aliphatic heterocycles. The molecule has 0 heterocycles. The lowest BCUT2D eigenvalue weighted by atomic mass is 10.1. The number of nitro benzene ring substituents is 1. The molecule has 0 aliphatic rings. The van der Waals surface area contributed by atoms with Crippen LogP contribution >= 0.6 is 0 Å². The molecule has 2 rings (SSSR count). The molecule has 0 saturated heterocycles. The number of non-ortho nitro benzene ring substituents is 1. The third kappa shape index (κ3) is 10.1. The average molecular weight is 470 g/mol. The van der Waals surface area contributed by atoms with E-state index in [2.05, 4.69) is 6.92 Å². The van der Waals surface area contributed by atoms with Gasteiger partial charge in [0.05, 0.1) is 22.7 Å². The second-order valence-corrected chi connectivity index (χ2v) is 8.39. The highest BCUT2D eigenvalue weighted by Crippen LogP contribution is 2.19. The maximum atomic E-state index is 12.2. The fourth-order valence-electron chi connectivity index (χ4n) is 3.56. The molecule has 2 aromatic carbocycles. The summed E-state index contributed by atoms with van der Waals surface area (Å²) in [5.41, 5.74) is 0.547. The molecule has 0 N–H and O–H groups in total. The van der Waals surface area contributed by atoms with Crippen LogP contribution in [0.2, 0.25) is 0 Å². The van der Waals surface area contributed by atoms with E-state index in [-0.39, 0.29) is 17.0 Å². The Bertz CT molecular complexity index is 892. The number of carbonyl (C=O) groups excluding carboxylic acids is 2. The van der Waals surface area contributed by atoms with Gasteiger partial charge in [-0.25, -0.2) is 9.59 Å². The Hall–Kier alpha value is -3.22. The van der Waals surface area contributed by atoms with E-state index in [4.69, 9.17) is 9.47 Å². The van der Waals surface area contributed by atoms with Gasteiger partial charge in [-0.15, -0.1) is 0 Å². The molecule has 184 valence electrons. The number of nitrogens with zero attached hydrogens (tertiary/aromatic N) is 1. The highest BCUT2D eigenvalue weighted by molar-refractivity contribution is 5.94. The minimum Gasteiger partial charge on any atom is -0.462 e. The van der Waals surface area contributed by atoms with Crippen LogP contribution in [0, 0.1) is 10.1 Å². The summed E-state index contributed by atoms with van der Waals surface area (Å²) in [5.74, 6) is -0.830. The minimum absolute atomic E-state index is 0.0872. The van der Waals surface area contributed by atoms with E-state index in [0.29, 0.717) is 12.2 Å². The zero-order chi connectivity index (χ0) is 24.6. The van der Waals surface area contributed by atoms with E-state index >= 15 is 0 Å². The topological polar surface area (TPSA) is 95.7 Å². The fraction of sp³-hybridized carbons (Fsp3) is 0.481. The van der Waals surface area contributed by atoms with Crippen LogP contribution in [0.25, 0.3) is 0 Å². The Kier molecular flexibility index (Phi) is 12.4. The molecule has 34 heavy (non-hydrogen) atoms. The molecule has 0 bridgehead atoms. The Labute approximate surface area is 201 Å². The van der Waals surface area contributed by atoms with Crippen molar-refractivity contribution in [2.75, 3.05) is 6.61 Å². The monoisotopic (exact) mass is 469 g/mol. The van der Waals surface area contributed by atoms with Crippen molar-refractivity contribution < 1.29 is 24.0 Å². The lowest BCUT2D eigenvalue weighted by molar-refractivity contribution is -0.384. The smallest absolute Gasteiger partial charge is 0.343 e. The molecule has 0 aliphatic carbocycles.